The van der Waals surface area contributed by atoms with Crippen LogP contribution in [0.5, 0.6) is 0 Å². The van der Waals surface area contributed by atoms with Crippen molar-refractivity contribution >= 4 is 21.5 Å². The fourth-order valence-electron chi connectivity index (χ4n) is 2.70. The van der Waals surface area contributed by atoms with Crippen molar-refractivity contribution < 1.29 is 26.7 Å². The van der Waals surface area contributed by atoms with Crippen molar-refractivity contribution in [3.05, 3.63) is 24.3 Å². The molecule has 1 aromatic rings. The topological polar surface area (TPSA) is 63.7 Å². The third-order valence-corrected chi connectivity index (χ3v) is 5.22. The SMILES string of the molecule is CCOC(=O)C1CCCN(c2ccccc2S(=O)(=O)C(F)F)C1. The van der Waals surface area contributed by atoms with E-state index in [2.05, 4.69) is 0 Å². The summed E-state index contributed by atoms with van der Waals surface area (Å²) < 4.78 is 54.4. The Kier molecular flexibility index (Phi) is 5.56. The van der Waals surface area contributed by atoms with E-state index in [4.69, 9.17) is 4.74 Å². The molecule has 1 aliphatic rings. The summed E-state index contributed by atoms with van der Waals surface area (Å²) >= 11 is 0. The number of piperidine rings is 1. The van der Waals surface area contributed by atoms with Gasteiger partial charge in [0.1, 0.15) is 0 Å². The van der Waals surface area contributed by atoms with Gasteiger partial charge in [-0.3, -0.25) is 4.79 Å². The molecule has 2 rings (SSSR count). The molecular weight excluding hydrogens is 328 g/mol. The molecule has 23 heavy (non-hydrogen) atoms. The average molecular weight is 347 g/mol. The number of hydrogen-bond donors (Lipinski definition) is 0. The molecule has 0 N–H and O–H groups in total. The Morgan fingerprint density at radius 3 is 2.74 bits per heavy atom. The van der Waals surface area contributed by atoms with Crippen LogP contribution in [0, 0.1) is 5.92 Å². The average Bonchev–Trinajstić information content (AvgIpc) is 2.55. The van der Waals surface area contributed by atoms with E-state index in [1.54, 1.807) is 17.9 Å². The molecule has 0 amide bonds. The van der Waals surface area contributed by atoms with Gasteiger partial charge in [-0.2, -0.15) is 8.78 Å². The number of nitrogens with zero attached hydrogens (tertiary/aromatic N) is 1. The molecule has 1 aliphatic heterocycles. The van der Waals surface area contributed by atoms with Gasteiger partial charge in [0.25, 0.3) is 0 Å². The first-order valence-corrected chi connectivity index (χ1v) is 8.95. The highest BCUT2D eigenvalue weighted by Crippen LogP contribution is 2.32. The van der Waals surface area contributed by atoms with E-state index < -0.39 is 20.5 Å². The molecule has 0 spiro atoms. The number of hydrogen-bond acceptors (Lipinski definition) is 5. The van der Waals surface area contributed by atoms with Gasteiger partial charge >= 0.3 is 11.7 Å². The van der Waals surface area contributed by atoms with Crippen LogP contribution in [-0.2, 0) is 19.4 Å². The van der Waals surface area contributed by atoms with Crippen molar-refractivity contribution in [3.63, 3.8) is 0 Å². The highest BCUT2D eigenvalue weighted by atomic mass is 32.2. The lowest BCUT2D eigenvalue weighted by Gasteiger charge is -2.34. The number of benzene rings is 1. The minimum absolute atomic E-state index is 0.210. The van der Waals surface area contributed by atoms with Crippen LogP contribution in [0.4, 0.5) is 14.5 Å². The molecule has 1 atom stereocenters. The number of ether oxygens (including phenoxy) is 1. The molecule has 8 heteroatoms. The molecule has 1 unspecified atom stereocenters. The van der Waals surface area contributed by atoms with Gasteiger partial charge in [0.2, 0.25) is 9.84 Å². The quantitative estimate of drug-likeness (QED) is 0.766. The van der Waals surface area contributed by atoms with E-state index in [0.717, 1.165) is 0 Å². The maximum atomic E-state index is 12.9. The molecular formula is C15H19F2NO4S. The number of anilines is 1. The van der Waals surface area contributed by atoms with Gasteiger partial charge in [-0.25, -0.2) is 8.42 Å². The van der Waals surface area contributed by atoms with Crippen LogP contribution in [0.3, 0.4) is 0 Å². The summed E-state index contributed by atoms with van der Waals surface area (Å²) in [7, 11) is -4.70. The fourth-order valence-corrected chi connectivity index (χ4v) is 3.65. The number of alkyl halides is 2. The molecule has 1 heterocycles. The lowest BCUT2D eigenvalue weighted by molar-refractivity contribution is -0.148. The van der Waals surface area contributed by atoms with Crippen molar-refractivity contribution in [3.8, 4) is 0 Å². The summed E-state index contributed by atoms with van der Waals surface area (Å²) in [4.78, 5) is 13.1. The van der Waals surface area contributed by atoms with Crippen LogP contribution in [-0.4, -0.2) is 39.8 Å². The maximum absolute atomic E-state index is 12.9. The Morgan fingerprint density at radius 2 is 2.09 bits per heavy atom. The second-order valence-corrected chi connectivity index (χ2v) is 7.20. The fraction of sp³-hybridized carbons (Fsp3) is 0.533. The largest absolute Gasteiger partial charge is 0.466 e. The Hall–Kier alpha value is -1.70. The van der Waals surface area contributed by atoms with Gasteiger partial charge < -0.3 is 9.64 Å². The zero-order valence-corrected chi connectivity index (χ0v) is 13.6. The van der Waals surface area contributed by atoms with E-state index in [9.17, 15) is 22.0 Å². The summed E-state index contributed by atoms with van der Waals surface area (Å²) in [5.41, 5.74) is 0.210. The Morgan fingerprint density at radius 1 is 1.39 bits per heavy atom. The molecule has 0 aromatic heterocycles. The van der Waals surface area contributed by atoms with Crippen molar-refractivity contribution in [2.75, 3.05) is 24.6 Å². The highest BCUT2D eigenvalue weighted by molar-refractivity contribution is 7.91. The van der Waals surface area contributed by atoms with E-state index in [1.165, 1.54) is 18.2 Å². The first-order valence-electron chi connectivity index (χ1n) is 7.40. The predicted molar refractivity (Wildman–Crippen MR) is 81.2 cm³/mol. The van der Waals surface area contributed by atoms with Crippen LogP contribution in [0.1, 0.15) is 19.8 Å². The van der Waals surface area contributed by atoms with E-state index >= 15 is 0 Å². The zero-order valence-electron chi connectivity index (χ0n) is 12.7. The van der Waals surface area contributed by atoms with Crippen LogP contribution in [0.2, 0.25) is 0 Å². The number of halogens is 2. The number of sulfone groups is 1. The van der Waals surface area contributed by atoms with Gasteiger partial charge in [0.05, 0.1) is 23.1 Å². The lowest BCUT2D eigenvalue weighted by atomic mass is 9.97. The van der Waals surface area contributed by atoms with E-state index in [1.807, 2.05) is 0 Å². The molecule has 1 fully saturated rings. The molecule has 128 valence electrons. The molecule has 0 saturated carbocycles. The predicted octanol–water partition coefficient (Wildman–Crippen LogP) is 2.46. The number of para-hydroxylation sites is 1. The third kappa shape index (κ3) is 3.80. The third-order valence-electron chi connectivity index (χ3n) is 3.79. The number of carbonyl (C=O) groups excluding carboxylic acids is 1. The normalized spacial score (nSPS) is 19.0. The van der Waals surface area contributed by atoms with Gasteiger partial charge in [-0.15, -0.1) is 0 Å². The summed E-state index contributed by atoms with van der Waals surface area (Å²) in [6.07, 6.45) is 1.30. The summed E-state index contributed by atoms with van der Waals surface area (Å²) in [6, 6.07) is 5.66. The number of rotatable bonds is 5. The minimum atomic E-state index is -4.70. The monoisotopic (exact) mass is 347 g/mol. The first kappa shape index (κ1) is 17.7. The maximum Gasteiger partial charge on any atom is 0.341 e. The summed E-state index contributed by atoms with van der Waals surface area (Å²) in [6.45, 7) is 2.75. The van der Waals surface area contributed by atoms with Crippen molar-refractivity contribution in [2.24, 2.45) is 5.92 Å². The van der Waals surface area contributed by atoms with Gasteiger partial charge in [0, 0.05) is 13.1 Å². The van der Waals surface area contributed by atoms with Crippen LogP contribution < -0.4 is 4.90 Å². The summed E-state index contributed by atoms with van der Waals surface area (Å²) in [5, 5.41) is 0. The number of carbonyl (C=O) groups is 1. The van der Waals surface area contributed by atoms with E-state index in [0.29, 0.717) is 19.4 Å². The van der Waals surface area contributed by atoms with Crippen molar-refractivity contribution in [1.82, 2.24) is 0 Å². The van der Waals surface area contributed by atoms with Gasteiger partial charge in [-0.05, 0) is 31.9 Å². The molecule has 0 aliphatic carbocycles. The van der Waals surface area contributed by atoms with Crippen LogP contribution in [0.25, 0.3) is 0 Å². The highest BCUT2D eigenvalue weighted by Gasteiger charge is 2.33. The molecule has 5 nitrogen and oxygen atoms in total. The molecule has 1 aromatic carbocycles. The standard InChI is InChI=1S/C15H19F2NO4S/c1-2-22-14(19)11-6-5-9-18(10-11)12-7-3-4-8-13(12)23(20,21)15(16)17/h3-4,7-8,11,15H,2,5-6,9-10H2,1H3. The smallest absolute Gasteiger partial charge is 0.341 e. The van der Waals surface area contributed by atoms with Crippen LogP contribution in [0.15, 0.2) is 29.2 Å². The second-order valence-electron chi connectivity index (χ2n) is 5.31. The first-order chi connectivity index (χ1) is 10.9. The molecule has 0 bridgehead atoms. The minimum Gasteiger partial charge on any atom is -0.466 e. The van der Waals surface area contributed by atoms with Gasteiger partial charge in [-0.1, -0.05) is 12.1 Å². The molecule has 1 saturated heterocycles. The molecule has 0 radical (unpaired) electrons. The van der Waals surface area contributed by atoms with Crippen molar-refractivity contribution in [1.29, 1.82) is 0 Å². The lowest BCUT2D eigenvalue weighted by Crippen LogP contribution is -2.40. The second kappa shape index (κ2) is 7.25. The Bertz CT molecular complexity index is 663. The number of esters is 1. The zero-order chi connectivity index (χ0) is 17.0. The summed E-state index contributed by atoms with van der Waals surface area (Å²) in [5.74, 6) is -4.20. The van der Waals surface area contributed by atoms with Crippen molar-refractivity contribution in [2.45, 2.75) is 30.4 Å². The van der Waals surface area contributed by atoms with Gasteiger partial charge in [0.15, 0.2) is 0 Å². The Labute approximate surface area is 134 Å². The van der Waals surface area contributed by atoms with E-state index in [-0.39, 0.29) is 30.7 Å². The Balaban J connectivity index is 2.30. The van der Waals surface area contributed by atoms with Crippen LogP contribution >= 0.6 is 0 Å².